The van der Waals surface area contributed by atoms with Gasteiger partial charge in [0.1, 0.15) is 6.04 Å². The predicted molar refractivity (Wildman–Crippen MR) is 91.4 cm³/mol. The van der Waals surface area contributed by atoms with Crippen molar-refractivity contribution in [3.05, 3.63) is 42.7 Å². The zero-order valence-corrected chi connectivity index (χ0v) is 14.2. The molecule has 0 bridgehead atoms. The summed E-state index contributed by atoms with van der Waals surface area (Å²) in [6.07, 6.45) is 4.74. The van der Waals surface area contributed by atoms with Gasteiger partial charge in [0, 0.05) is 24.6 Å². The lowest BCUT2D eigenvalue weighted by Crippen LogP contribution is -2.43. The first kappa shape index (κ1) is 16.7. The SMILES string of the molecule is CCS(=O)(=O)N1CCC[C@@H]1C(=O)Nc1cccc(-n2cccn2)c1. The second-order valence-corrected chi connectivity index (χ2v) is 7.87. The summed E-state index contributed by atoms with van der Waals surface area (Å²) in [6.45, 7) is 2.00. The van der Waals surface area contributed by atoms with E-state index in [9.17, 15) is 13.2 Å². The minimum absolute atomic E-state index is 0.00552. The second-order valence-electron chi connectivity index (χ2n) is 5.66. The Balaban J connectivity index is 1.76. The van der Waals surface area contributed by atoms with Gasteiger partial charge in [0.05, 0.1) is 11.4 Å². The van der Waals surface area contributed by atoms with Crippen LogP contribution in [0.5, 0.6) is 0 Å². The Morgan fingerprint density at radius 3 is 2.92 bits per heavy atom. The highest BCUT2D eigenvalue weighted by Crippen LogP contribution is 2.23. The van der Waals surface area contributed by atoms with Gasteiger partial charge in [-0.1, -0.05) is 6.07 Å². The molecule has 1 fully saturated rings. The summed E-state index contributed by atoms with van der Waals surface area (Å²) in [5.41, 5.74) is 1.44. The maximum absolute atomic E-state index is 12.5. The summed E-state index contributed by atoms with van der Waals surface area (Å²) in [5.74, 6) is -0.284. The summed E-state index contributed by atoms with van der Waals surface area (Å²) in [5, 5.41) is 6.98. The number of benzene rings is 1. The number of hydrogen-bond acceptors (Lipinski definition) is 4. The van der Waals surface area contributed by atoms with Crippen molar-refractivity contribution in [3.8, 4) is 5.69 Å². The topological polar surface area (TPSA) is 84.3 Å². The molecule has 1 saturated heterocycles. The summed E-state index contributed by atoms with van der Waals surface area (Å²) in [4.78, 5) is 12.5. The number of carbonyl (C=O) groups excluding carboxylic acids is 1. The number of hydrogen-bond donors (Lipinski definition) is 1. The van der Waals surface area contributed by atoms with Crippen molar-refractivity contribution in [1.29, 1.82) is 0 Å². The van der Waals surface area contributed by atoms with E-state index in [1.54, 1.807) is 29.9 Å². The maximum Gasteiger partial charge on any atom is 0.242 e. The van der Waals surface area contributed by atoms with E-state index in [4.69, 9.17) is 0 Å². The average Bonchev–Trinajstić information content (AvgIpc) is 3.27. The average molecular weight is 348 g/mol. The maximum atomic E-state index is 12.5. The van der Waals surface area contributed by atoms with Gasteiger partial charge in [-0.25, -0.2) is 13.1 Å². The highest BCUT2D eigenvalue weighted by atomic mass is 32.2. The number of aromatic nitrogens is 2. The van der Waals surface area contributed by atoms with Crippen LogP contribution in [-0.2, 0) is 14.8 Å². The highest BCUT2D eigenvalue weighted by molar-refractivity contribution is 7.89. The van der Waals surface area contributed by atoms with Gasteiger partial charge in [-0.15, -0.1) is 0 Å². The van der Waals surface area contributed by atoms with Crippen LogP contribution < -0.4 is 5.32 Å². The first-order valence-corrected chi connectivity index (χ1v) is 9.52. The van der Waals surface area contributed by atoms with Crippen LogP contribution in [0.4, 0.5) is 5.69 Å². The first-order valence-electron chi connectivity index (χ1n) is 7.92. The van der Waals surface area contributed by atoms with Crippen LogP contribution in [0.15, 0.2) is 42.7 Å². The standard InChI is InChI=1S/C16H20N4O3S/c1-2-24(22,23)20-11-4-8-15(20)16(21)18-13-6-3-7-14(12-13)19-10-5-9-17-19/h3,5-7,9-10,12,15H,2,4,8,11H2,1H3,(H,18,21)/t15-/m1/s1. The molecular weight excluding hydrogens is 328 g/mol. The quantitative estimate of drug-likeness (QED) is 0.890. The van der Waals surface area contributed by atoms with Gasteiger partial charge in [0.15, 0.2) is 0 Å². The van der Waals surface area contributed by atoms with Crippen molar-refractivity contribution in [3.63, 3.8) is 0 Å². The number of rotatable bonds is 5. The molecule has 24 heavy (non-hydrogen) atoms. The fraction of sp³-hybridized carbons (Fsp3) is 0.375. The number of nitrogens with one attached hydrogen (secondary N) is 1. The Labute approximate surface area is 141 Å². The van der Waals surface area contributed by atoms with Crippen molar-refractivity contribution in [2.75, 3.05) is 17.6 Å². The minimum Gasteiger partial charge on any atom is -0.325 e. The minimum atomic E-state index is -3.37. The summed E-state index contributed by atoms with van der Waals surface area (Å²) in [7, 11) is -3.37. The lowest BCUT2D eigenvalue weighted by Gasteiger charge is -2.22. The van der Waals surface area contributed by atoms with Crippen LogP contribution in [0, 0.1) is 0 Å². The van der Waals surface area contributed by atoms with Crippen LogP contribution in [0.2, 0.25) is 0 Å². The van der Waals surface area contributed by atoms with Crippen LogP contribution in [0.25, 0.3) is 5.69 Å². The van der Waals surface area contributed by atoms with Gasteiger partial charge in [-0.2, -0.15) is 9.40 Å². The van der Waals surface area contributed by atoms with Gasteiger partial charge < -0.3 is 5.32 Å². The normalized spacial score (nSPS) is 18.6. The number of sulfonamides is 1. The van der Waals surface area contributed by atoms with E-state index in [1.165, 1.54) is 4.31 Å². The summed E-state index contributed by atoms with van der Waals surface area (Å²) >= 11 is 0. The largest absolute Gasteiger partial charge is 0.325 e. The monoisotopic (exact) mass is 348 g/mol. The third kappa shape index (κ3) is 3.34. The zero-order chi connectivity index (χ0) is 17.2. The molecule has 3 rings (SSSR count). The van der Waals surface area contributed by atoms with E-state index in [-0.39, 0.29) is 11.7 Å². The van der Waals surface area contributed by atoms with E-state index >= 15 is 0 Å². The molecule has 0 radical (unpaired) electrons. The lowest BCUT2D eigenvalue weighted by atomic mass is 10.2. The van der Waals surface area contributed by atoms with E-state index in [0.29, 0.717) is 25.1 Å². The molecule has 7 nitrogen and oxygen atoms in total. The van der Waals surface area contributed by atoms with Crippen LogP contribution in [-0.4, -0.2) is 46.8 Å². The second kappa shape index (κ2) is 6.74. The summed E-state index contributed by atoms with van der Waals surface area (Å²) < 4.78 is 27.2. The summed E-state index contributed by atoms with van der Waals surface area (Å²) in [6, 6.07) is 8.46. The molecule has 0 spiro atoms. The third-order valence-corrected chi connectivity index (χ3v) is 5.99. The zero-order valence-electron chi connectivity index (χ0n) is 13.4. The van der Waals surface area contributed by atoms with E-state index < -0.39 is 16.1 Å². The fourth-order valence-electron chi connectivity index (χ4n) is 2.87. The molecule has 1 amide bonds. The Morgan fingerprint density at radius 2 is 2.21 bits per heavy atom. The van der Waals surface area contributed by atoms with Gasteiger partial charge in [0.2, 0.25) is 15.9 Å². The molecule has 2 aromatic rings. The number of carbonyl (C=O) groups is 1. The molecule has 128 valence electrons. The molecule has 8 heteroatoms. The predicted octanol–water partition coefficient (Wildman–Crippen LogP) is 1.62. The number of nitrogens with zero attached hydrogens (tertiary/aromatic N) is 3. The van der Waals surface area contributed by atoms with Gasteiger partial charge in [0.25, 0.3) is 0 Å². The molecule has 1 aromatic carbocycles. The Kier molecular flexibility index (Phi) is 4.68. The molecule has 1 atom stereocenters. The van der Waals surface area contributed by atoms with Crippen LogP contribution >= 0.6 is 0 Å². The van der Waals surface area contributed by atoms with Crippen molar-refractivity contribution >= 4 is 21.6 Å². The number of amides is 1. The molecule has 0 saturated carbocycles. The third-order valence-electron chi connectivity index (χ3n) is 4.11. The molecule has 0 aliphatic carbocycles. The molecular formula is C16H20N4O3S. The molecule has 1 aliphatic rings. The van der Waals surface area contributed by atoms with Crippen LogP contribution in [0.1, 0.15) is 19.8 Å². The molecule has 1 aromatic heterocycles. The highest BCUT2D eigenvalue weighted by Gasteiger charge is 2.37. The molecule has 1 N–H and O–H groups in total. The van der Waals surface area contributed by atoms with Gasteiger partial charge >= 0.3 is 0 Å². The van der Waals surface area contributed by atoms with Gasteiger partial charge in [-0.05, 0) is 44.0 Å². The lowest BCUT2D eigenvalue weighted by molar-refractivity contribution is -0.119. The Bertz CT molecular complexity index is 818. The van der Waals surface area contributed by atoms with Crippen molar-refractivity contribution in [1.82, 2.24) is 14.1 Å². The molecule has 0 unspecified atom stereocenters. The Hall–Kier alpha value is -2.19. The van der Waals surface area contributed by atoms with Crippen molar-refractivity contribution in [2.45, 2.75) is 25.8 Å². The Morgan fingerprint density at radius 1 is 1.38 bits per heavy atom. The van der Waals surface area contributed by atoms with E-state index in [1.807, 2.05) is 24.4 Å². The van der Waals surface area contributed by atoms with Crippen LogP contribution in [0.3, 0.4) is 0 Å². The van der Waals surface area contributed by atoms with Crippen molar-refractivity contribution < 1.29 is 13.2 Å². The van der Waals surface area contributed by atoms with Gasteiger partial charge in [-0.3, -0.25) is 4.79 Å². The first-order chi connectivity index (χ1) is 11.5. The van der Waals surface area contributed by atoms with E-state index in [0.717, 1.165) is 5.69 Å². The van der Waals surface area contributed by atoms with Crippen molar-refractivity contribution in [2.24, 2.45) is 0 Å². The van der Waals surface area contributed by atoms with E-state index in [2.05, 4.69) is 10.4 Å². The molecule has 2 heterocycles. The smallest absolute Gasteiger partial charge is 0.242 e. The number of anilines is 1. The fourth-order valence-corrected chi connectivity index (χ4v) is 4.20. The molecule has 1 aliphatic heterocycles.